The van der Waals surface area contributed by atoms with E-state index in [2.05, 4.69) is 49.3 Å². The maximum Gasteiger partial charge on any atom is 0.304 e. The van der Waals surface area contributed by atoms with Crippen LogP contribution in [0.25, 0.3) is 0 Å². The molecule has 0 aliphatic carbocycles. The van der Waals surface area contributed by atoms with Gasteiger partial charge in [0.2, 0.25) is 0 Å². The van der Waals surface area contributed by atoms with Gasteiger partial charge in [0.15, 0.2) is 0 Å². The summed E-state index contributed by atoms with van der Waals surface area (Å²) in [4.78, 5) is 29.5. The third-order valence-corrected chi connectivity index (χ3v) is 4.54. The number of hydrogen-bond donors (Lipinski definition) is 1. The van der Waals surface area contributed by atoms with Crippen LogP contribution < -0.4 is 0 Å². The second-order valence-electron chi connectivity index (χ2n) is 6.16. The summed E-state index contributed by atoms with van der Waals surface area (Å²) in [6.07, 6.45) is 6.17. The normalized spacial score (nSPS) is 9.23. The van der Waals surface area contributed by atoms with Crippen LogP contribution in [-0.4, -0.2) is 21.9 Å². The molecule has 0 aliphatic rings. The number of rotatable bonds is 7. The molecule has 2 aromatic rings. The number of aldehydes is 1. The minimum absolute atomic E-state index is 0.116. The topological polar surface area (TPSA) is 71.4 Å². The fraction of sp³-hybridized carbons (Fsp3) is 0.208. The summed E-state index contributed by atoms with van der Waals surface area (Å²) in [5, 5.41) is 6.75. The molecule has 2 aromatic carbocycles. The molecule has 0 fully saturated rings. The predicted octanol–water partition coefficient (Wildman–Crippen LogP) is 5.27. The standard InChI is InChI=1S/C11H14O.C11H12O.C2Cl2O2/c2*1-3-5-11-9(2)6-4-7-10(11)8-12;3-1(5)2(4)6/h3-4,6-7,12H,1,5,8H2,2H3;3-4,6-8H,1,5H2,2H3;. The van der Waals surface area contributed by atoms with E-state index < -0.39 is 10.5 Å². The van der Waals surface area contributed by atoms with Crippen LogP contribution in [0.3, 0.4) is 0 Å². The van der Waals surface area contributed by atoms with Crippen LogP contribution in [-0.2, 0) is 29.0 Å². The number of hydrogen-bond acceptors (Lipinski definition) is 4. The van der Waals surface area contributed by atoms with Gasteiger partial charge in [-0.2, -0.15) is 0 Å². The summed E-state index contributed by atoms with van der Waals surface area (Å²) in [5.74, 6) is 0. The highest BCUT2D eigenvalue weighted by atomic mass is 35.5. The first kappa shape index (κ1) is 27.5. The van der Waals surface area contributed by atoms with Crippen LogP contribution in [0.1, 0.15) is 38.2 Å². The van der Waals surface area contributed by atoms with Gasteiger partial charge in [0, 0.05) is 5.56 Å². The number of aliphatic hydroxyl groups excluding tert-OH is 1. The Bertz CT molecular complexity index is 877. The Morgan fingerprint density at radius 2 is 1.37 bits per heavy atom. The zero-order valence-corrected chi connectivity index (χ0v) is 18.7. The minimum Gasteiger partial charge on any atom is -0.392 e. The van der Waals surface area contributed by atoms with E-state index in [0.717, 1.165) is 41.4 Å². The van der Waals surface area contributed by atoms with Crippen molar-refractivity contribution in [1.82, 2.24) is 0 Å². The smallest absolute Gasteiger partial charge is 0.304 e. The van der Waals surface area contributed by atoms with E-state index in [1.165, 1.54) is 11.1 Å². The number of aryl methyl sites for hydroxylation is 2. The van der Waals surface area contributed by atoms with E-state index in [1.807, 2.05) is 49.4 Å². The molecule has 160 valence electrons. The Morgan fingerprint density at radius 3 is 1.80 bits per heavy atom. The Balaban J connectivity index is 0.000000447. The summed E-state index contributed by atoms with van der Waals surface area (Å²) >= 11 is 8.98. The number of halogens is 2. The van der Waals surface area contributed by atoms with Crippen molar-refractivity contribution in [1.29, 1.82) is 0 Å². The van der Waals surface area contributed by atoms with Crippen LogP contribution in [0.15, 0.2) is 61.7 Å². The molecule has 6 heteroatoms. The molecule has 0 aliphatic heterocycles. The van der Waals surface area contributed by atoms with Gasteiger partial charge in [0.1, 0.15) is 6.29 Å². The van der Waals surface area contributed by atoms with Crippen molar-refractivity contribution in [2.75, 3.05) is 0 Å². The van der Waals surface area contributed by atoms with E-state index in [9.17, 15) is 14.4 Å². The highest BCUT2D eigenvalue weighted by Gasteiger charge is 2.03. The van der Waals surface area contributed by atoms with Gasteiger partial charge in [-0.25, -0.2) is 0 Å². The van der Waals surface area contributed by atoms with Crippen LogP contribution in [0.4, 0.5) is 0 Å². The van der Waals surface area contributed by atoms with Crippen molar-refractivity contribution in [3.8, 4) is 0 Å². The van der Waals surface area contributed by atoms with E-state index >= 15 is 0 Å². The number of benzene rings is 2. The summed E-state index contributed by atoms with van der Waals surface area (Å²) in [7, 11) is 0. The van der Waals surface area contributed by atoms with Crippen LogP contribution >= 0.6 is 23.2 Å². The molecular formula is C24H26Cl2O4. The molecule has 0 unspecified atom stereocenters. The van der Waals surface area contributed by atoms with Crippen molar-refractivity contribution < 1.29 is 19.5 Å². The molecule has 0 saturated carbocycles. The molecule has 1 N–H and O–H groups in total. The molecule has 0 atom stereocenters. The lowest BCUT2D eigenvalue weighted by atomic mass is 10.00. The van der Waals surface area contributed by atoms with Gasteiger partial charge < -0.3 is 5.11 Å². The average molecular weight is 449 g/mol. The van der Waals surface area contributed by atoms with Crippen molar-refractivity contribution in [3.05, 3.63) is 95.1 Å². The first-order valence-corrected chi connectivity index (χ1v) is 9.81. The molecule has 30 heavy (non-hydrogen) atoms. The van der Waals surface area contributed by atoms with E-state index in [1.54, 1.807) is 0 Å². The van der Waals surface area contributed by atoms with Gasteiger partial charge in [-0.15, -0.1) is 13.2 Å². The third-order valence-electron chi connectivity index (χ3n) is 4.10. The van der Waals surface area contributed by atoms with Crippen molar-refractivity contribution in [3.63, 3.8) is 0 Å². The minimum atomic E-state index is -1.14. The molecule has 0 spiro atoms. The summed E-state index contributed by atoms with van der Waals surface area (Å²) < 4.78 is 0. The van der Waals surface area contributed by atoms with Crippen LogP contribution in [0.2, 0.25) is 0 Å². The van der Waals surface area contributed by atoms with Gasteiger partial charge in [-0.1, -0.05) is 48.6 Å². The van der Waals surface area contributed by atoms with Gasteiger partial charge in [-0.3, -0.25) is 14.4 Å². The maximum absolute atomic E-state index is 10.6. The Kier molecular flexibility index (Phi) is 14.0. The first-order chi connectivity index (χ1) is 14.2. The number of carbonyl (C=O) groups is 3. The van der Waals surface area contributed by atoms with Gasteiger partial charge in [0.25, 0.3) is 0 Å². The second kappa shape index (κ2) is 15.3. The molecule has 0 bridgehead atoms. The fourth-order valence-electron chi connectivity index (χ4n) is 2.61. The SMILES string of the molecule is C=CCc1c(C)cccc1C=O.C=CCc1c(C)cccc1CO.O=C(Cl)C(=O)Cl. The highest BCUT2D eigenvalue weighted by molar-refractivity contribution is 6.97. The number of carbonyl (C=O) groups excluding carboxylic acids is 3. The molecule has 0 amide bonds. The largest absolute Gasteiger partial charge is 0.392 e. The molecule has 2 rings (SSSR count). The van der Waals surface area contributed by atoms with Crippen molar-refractivity contribution in [2.24, 2.45) is 0 Å². The maximum atomic E-state index is 10.6. The average Bonchev–Trinajstić information content (AvgIpc) is 2.72. The molecule has 0 saturated heterocycles. The Labute approximate surface area is 187 Å². The van der Waals surface area contributed by atoms with Gasteiger partial charge in [0.05, 0.1) is 6.61 Å². The molecule has 4 nitrogen and oxygen atoms in total. The molecule has 0 heterocycles. The second-order valence-corrected chi connectivity index (χ2v) is 6.85. The van der Waals surface area contributed by atoms with Crippen molar-refractivity contribution in [2.45, 2.75) is 33.3 Å². The van der Waals surface area contributed by atoms with E-state index in [4.69, 9.17) is 5.11 Å². The van der Waals surface area contributed by atoms with Gasteiger partial charge in [-0.05, 0) is 77.7 Å². The predicted molar refractivity (Wildman–Crippen MR) is 123 cm³/mol. The van der Waals surface area contributed by atoms with E-state index in [-0.39, 0.29) is 6.61 Å². The summed E-state index contributed by atoms with van der Waals surface area (Å²) in [5.41, 5.74) is 6.45. The lowest BCUT2D eigenvalue weighted by molar-refractivity contribution is -0.127. The van der Waals surface area contributed by atoms with Gasteiger partial charge >= 0.3 is 10.5 Å². The molecule has 0 radical (unpaired) electrons. The molecular weight excluding hydrogens is 423 g/mol. The fourth-order valence-corrected chi connectivity index (χ4v) is 2.61. The first-order valence-electron chi connectivity index (χ1n) is 9.06. The van der Waals surface area contributed by atoms with Crippen LogP contribution in [0.5, 0.6) is 0 Å². The number of allylic oxidation sites excluding steroid dienone is 2. The Hall–Kier alpha value is -2.53. The van der Waals surface area contributed by atoms with E-state index in [0.29, 0.717) is 0 Å². The summed E-state index contributed by atoms with van der Waals surface area (Å²) in [6.45, 7) is 11.5. The quantitative estimate of drug-likeness (QED) is 0.271. The zero-order valence-electron chi connectivity index (χ0n) is 17.2. The van der Waals surface area contributed by atoms with Crippen LogP contribution in [0, 0.1) is 13.8 Å². The lowest BCUT2D eigenvalue weighted by Crippen LogP contribution is -1.95. The van der Waals surface area contributed by atoms with Crippen molar-refractivity contribution >= 4 is 40.0 Å². The summed E-state index contributed by atoms with van der Waals surface area (Å²) in [6, 6.07) is 11.7. The number of aliphatic hydroxyl groups is 1. The third kappa shape index (κ3) is 9.79. The Morgan fingerprint density at radius 1 is 0.900 bits per heavy atom. The monoisotopic (exact) mass is 448 g/mol. The zero-order chi connectivity index (χ0) is 23.1. The highest BCUT2D eigenvalue weighted by Crippen LogP contribution is 2.15. The molecule has 0 aromatic heterocycles. The lowest BCUT2D eigenvalue weighted by Gasteiger charge is -2.07.